The molecule has 0 bridgehead atoms. The second kappa shape index (κ2) is 13.3. The predicted molar refractivity (Wildman–Crippen MR) is 156 cm³/mol. The van der Waals surface area contributed by atoms with Gasteiger partial charge in [-0.2, -0.15) is 0 Å². The van der Waals surface area contributed by atoms with Crippen LogP contribution in [0, 0.1) is 19.7 Å². The van der Waals surface area contributed by atoms with Crippen LogP contribution in [0.4, 0.5) is 10.1 Å². The third-order valence-electron chi connectivity index (χ3n) is 6.78. The summed E-state index contributed by atoms with van der Waals surface area (Å²) < 4.78 is 43.5. The van der Waals surface area contributed by atoms with E-state index in [9.17, 15) is 22.4 Å². The molecule has 0 unspecified atom stereocenters. The molecule has 0 aliphatic rings. The summed E-state index contributed by atoms with van der Waals surface area (Å²) >= 11 is 6.14. The molecule has 214 valence electrons. The van der Waals surface area contributed by atoms with Crippen molar-refractivity contribution in [3.05, 3.63) is 94.3 Å². The van der Waals surface area contributed by atoms with Gasteiger partial charge in [0, 0.05) is 23.2 Å². The van der Waals surface area contributed by atoms with E-state index in [0.717, 1.165) is 9.87 Å². The summed E-state index contributed by atoms with van der Waals surface area (Å²) in [5, 5.41) is 3.27. The fraction of sp³-hybridized carbons (Fsp3) is 0.333. The summed E-state index contributed by atoms with van der Waals surface area (Å²) in [4.78, 5) is 28.2. The Labute approximate surface area is 241 Å². The number of amides is 2. The molecule has 0 spiro atoms. The Hall–Kier alpha value is -3.43. The second-order valence-corrected chi connectivity index (χ2v) is 12.2. The monoisotopic (exact) mass is 587 g/mol. The highest BCUT2D eigenvalue weighted by Crippen LogP contribution is 2.29. The van der Waals surface area contributed by atoms with Crippen LogP contribution in [0.1, 0.15) is 43.9 Å². The number of carbonyl (C=O) groups excluding carboxylic acids is 2. The molecule has 3 aromatic rings. The van der Waals surface area contributed by atoms with Crippen molar-refractivity contribution in [2.45, 2.75) is 64.6 Å². The zero-order valence-corrected chi connectivity index (χ0v) is 24.9. The van der Waals surface area contributed by atoms with Crippen LogP contribution < -0.4 is 9.62 Å². The van der Waals surface area contributed by atoms with Crippen molar-refractivity contribution in [2.24, 2.45) is 0 Å². The first-order valence-electron chi connectivity index (χ1n) is 13.0. The number of halogens is 2. The molecular weight excluding hydrogens is 553 g/mol. The van der Waals surface area contributed by atoms with E-state index in [2.05, 4.69) is 5.32 Å². The number of hydrogen-bond donors (Lipinski definition) is 1. The molecule has 3 rings (SSSR count). The maximum absolute atomic E-state index is 14.6. The van der Waals surface area contributed by atoms with Crippen molar-refractivity contribution in [2.75, 3.05) is 10.8 Å². The van der Waals surface area contributed by atoms with E-state index in [1.165, 1.54) is 41.3 Å². The van der Waals surface area contributed by atoms with E-state index in [4.69, 9.17) is 11.6 Å². The van der Waals surface area contributed by atoms with E-state index in [0.29, 0.717) is 17.0 Å². The summed E-state index contributed by atoms with van der Waals surface area (Å²) in [7, 11) is -4.22. The van der Waals surface area contributed by atoms with Gasteiger partial charge >= 0.3 is 0 Å². The Morgan fingerprint density at radius 1 is 1.00 bits per heavy atom. The number of carbonyl (C=O) groups is 2. The van der Waals surface area contributed by atoms with Crippen LogP contribution in [0.3, 0.4) is 0 Å². The van der Waals surface area contributed by atoms with Crippen molar-refractivity contribution < 1.29 is 22.4 Å². The summed E-state index contributed by atoms with van der Waals surface area (Å²) in [6.45, 7) is 8.00. The largest absolute Gasteiger partial charge is 0.352 e. The molecule has 2 atom stereocenters. The Kier molecular flexibility index (Phi) is 10.3. The lowest BCUT2D eigenvalue weighted by molar-refractivity contribution is -0.139. The Balaban J connectivity index is 2.07. The molecule has 0 heterocycles. The number of rotatable bonds is 11. The van der Waals surface area contributed by atoms with Crippen molar-refractivity contribution in [1.82, 2.24) is 10.2 Å². The maximum atomic E-state index is 14.6. The normalized spacial score (nSPS) is 12.9. The first-order valence-corrected chi connectivity index (χ1v) is 14.9. The molecule has 2 amide bonds. The highest BCUT2D eigenvalue weighted by molar-refractivity contribution is 7.92. The third kappa shape index (κ3) is 7.40. The van der Waals surface area contributed by atoms with Crippen LogP contribution in [0.25, 0.3) is 0 Å². The highest BCUT2D eigenvalue weighted by atomic mass is 35.5. The topological polar surface area (TPSA) is 86.8 Å². The van der Waals surface area contributed by atoms with E-state index in [-0.39, 0.29) is 28.7 Å². The molecule has 0 radical (unpaired) electrons. The van der Waals surface area contributed by atoms with Crippen LogP contribution in [0.15, 0.2) is 71.6 Å². The summed E-state index contributed by atoms with van der Waals surface area (Å²) in [5.74, 6) is -1.62. The number of aryl methyl sites for hydroxylation is 2. The quantitative estimate of drug-likeness (QED) is 0.315. The van der Waals surface area contributed by atoms with Gasteiger partial charge in [-0.3, -0.25) is 13.9 Å². The van der Waals surface area contributed by atoms with E-state index < -0.39 is 40.2 Å². The summed E-state index contributed by atoms with van der Waals surface area (Å²) in [6, 6.07) is 15.8. The number of hydrogen-bond acceptors (Lipinski definition) is 4. The van der Waals surface area contributed by atoms with Gasteiger partial charge in [0.2, 0.25) is 11.8 Å². The third-order valence-corrected chi connectivity index (χ3v) is 8.79. The van der Waals surface area contributed by atoms with Gasteiger partial charge in [0.1, 0.15) is 18.4 Å². The number of sulfonamides is 1. The number of nitrogens with zero attached hydrogens (tertiary/aromatic N) is 2. The van der Waals surface area contributed by atoms with E-state index >= 15 is 0 Å². The van der Waals surface area contributed by atoms with Crippen molar-refractivity contribution in [3.63, 3.8) is 0 Å². The molecule has 0 aliphatic carbocycles. The van der Waals surface area contributed by atoms with Gasteiger partial charge in [-0.25, -0.2) is 12.8 Å². The van der Waals surface area contributed by atoms with Gasteiger partial charge in [-0.1, -0.05) is 54.4 Å². The van der Waals surface area contributed by atoms with Crippen LogP contribution >= 0.6 is 11.6 Å². The molecule has 40 heavy (non-hydrogen) atoms. The van der Waals surface area contributed by atoms with E-state index in [1.807, 2.05) is 20.8 Å². The molecule has 0 aromatic heterocycles. The maximum Gasteiger partial charge on any atom is 0.264 e. The molecule has 1 N–H and O–H groups in total. The average Bonchev–Trinajstić information content (AvgIpc) is 2.91. The fourth-order valence-electron chi connectivity index (χ4n) is 4.11. The smallest absolute Gasteiger partial charge is 0.264 e. The van der Waals surface area contributed by atoms with Gasteiger partial charge in [0.15, 0.2) is 0 Å². The van der Waals surface area contributed by atoms with Gasteiger partial charge in [0.05, 0.1) is 10.6 Å². The lowest BCUT2D eigenvalue weighted by Gasteiger charge is -2.33. The highest BCUT2D eigenvalue weighted by Gasteiger charge is 2.33. The number of nitrogens with one attached hydrogen (secondary N) is 1. The van der Waals surface area contributed by atoms with Crippen LogP contribution in [0.5, 0.6) is 0 Å². The summed E-state index contributed by atoms with van der Waals surface area (Å²) in [5.41, 5.74) is 1.89. The molecule has 7 nitrogen and oxygen atoms in total. The molecule has 0 fully saturated rings. The van der Waals surface area contributed by atoms with Crippen molar-refractivity contribution in [3.8, 4) is 0 Å². The van der Waals surface area contributed by atoms with Gasteiger partial charge < -0.3 is 10.2 Å². The Morgan fingerprint density at radius 2 is 1.65 bits per heavy atom. The summed E-state index contributed by atoms with van der Waals surface area (Å²) in [6.07, 6.45) is 0.679. The molecule has 3 aromatic carbocycles. The Bertz CT molecular complexity index is 1460. The molecule has 0 saturated heterocycles. The van der Waals surface area contributed by atoms with E-state index in [1.54, 1.807) is 44.2 Å². The zero-order chi connectivity index (χ0) is 29.6. The fourth-order valence-corrected chi connectivity index (χ4v) is 5.81. The lowest BCUT2D eigenvalue weighted by atomic mass is 10.1. The Morgan fingerprint density at radius 3 is 2.25 bits per heavy atom. The minimum absolute atomic E-state index is 0.00321. The van der Waals surface area contributed by atoms with Crippen molar-refractivity contribution in [1.29, 1.82) is 0 Å². The van der Waals surface area contributed by atoms with Gasteiger partial charge in [-0.05, 0) is 76.1 Å². The standard InChI is InChI=1S/C30H35ClFN3O4S/c1-6-22(4)33-30(37)23(5)34(18-24-9-7-8-10-27(24)32)29(36)19-35(28-16-13-25(31)17-21(28)3)40(38,39)26-14-11-20(2)12-15-26/h7-17,22-23H,6,18-19H2,1-5H3,(H,33,37)/t22-,23+/m1/s1. The van der Waals surface area contributed by atoms with Gasteiger partial charge in [-0.15, -0.1) is 0 Å². The van der Waals surface area contributed by atoms with Crippen molar-refractivity contribution >= 4 is 39.1 Å². The minimum atomic E-state index is -4.22. The zero-order valence-electron chi connectivity index (χ0n) is 23.3. The first-order chi connectivity index (χ1) is 18.8. The molecule has 0 aliphatic heterocycles. The molecule has 10 heteroatoms. The number of benzene rings is 3. The number of anilines is 1. The van der Waals surface area contributed by atoms with Crippen LogP contribution in [-0.2, 0) is 26.2 Å². The molecular formula is C30H35ClFN3O4S. The second-order valence-electron chi connectivity index (χ2n) is 9.86. The lowest BCUT2D eigenvalue weighted by Crippen LogP contribution is -2.52. The predicted octanol–water partition coefficient (Wildman–Crippen LogP) is 5.62. The SMILES string of the molecule is CC[C@@H](C)NC(=O)[C@H](C)N(Cc1ccccc1F)C(=O)CN(c1ccc(Cl)cc1C)S(=O)(=O)c1ccc(C)cc1. The first kappa shape index (κ1) is 31.1. The van der Waals surface area contributed by atoms with Crippen LogP contribution in [0.2, 0.25) is 5.02 Å². The van der Waals surface area contributed by atoms with Crippen LogP contribution in [-0.4, -0.2) is 43.8 Å². The molecule has 0 saturated carbocycles. The minimum Gasteiger partial charge on any atom is -0.352 e. The average molecular weight is 588 g/mol. The van der Waals surface area contributed by atoms with Gasteiger partial charge in [0.25, 0.3) is 10.0 Å².